The fourth-order valence-corrected chi connectivity index (χ4v) is 10.3. The number of imidazole rings is 1. The highest BCUT2D eigenvalue weighted by Crippen LogP contribution is 2.32. The molecule has 5 aromatic rings. The van der Waals surface area contributed by atoms with E-state index in [1.54, 1.807) is 41.8 Å². The van der Waals surface area contributed by atoms with Gasteiger partial charge in [-0.1, -0.05) is 57.2 Å². The zero-order chi connectivity index (χ0) is 59.7. The molecule has 2 aliphatic rings. The molecule has 5 atom stereocenters. The molecule has 5 heterocycles. The summed E-state index contributed by atoms with van der Waals surface area (Å²) < 4.78 is 81.5. The van der Waals surface area contributed by atoms with Crippen molar-refractivity contribution in [1.29, 1.82) is 0 Å². The van der Waals surface area contributed by atoms with Gasteiger partial charge in [-0.25, -0.2) is 19.3 Å². The van der Waals surface area contributed by atoms with Crippen molar-refractivity contribution in [3.8, 4) is 33.3 Å². The standard InChI is InChI=1S/C58H74F4N10O10S/c1-37(63)44-29-42(31-66-55(44)81-48-18-22-71(32-45(48)59)51(75)28-39-12-16-43(17-13-39)82-58(60,61)62)46-33-70(35-67-46)20-7-9-49(73)64-19-23-78-24-25-79-26-27-80-34-50(74)69-53(57(3,4)5)56(77)72-21-6-8-47(72)54(76)65-30-40-10-14-41(15-11-40)52-38(2)68-36-83-52/h10-17,29,31,33,35-37,45,47-48,53H,6-9,18-28,30,32,34,63H2,1-5H3,(H,64,73)(H,65,76)(H,69,74)/t37?,45-,47?,48?,53?/m1/s1. The molecular weight excluding hydrogens is 1100 g/mol. The number of ether oxygens (including phenoxy) is 5. The van der Waals surface area contributed by atoms with Gasteiger partial charge >= 0.3 is 6.36 Å². The van der Waals surface area contributed by atoms with Crippen LogP contribution in [0.1, 0.15) is 88.2 Å². The van der Waals surface area contributed by atoms with Gasteiger partial charge in [0.25, 0.3) is 0 Å². The van der Waals surface area contributed by atoms with Crippen molar-refractivity contribution in [1.82, 2.24) is 45.3 Å². The molecule has 83 heavy (non-hydrogen) atoms. The van der Waals surface area contributed by atoms with Crippen molar-refractivity contribution in [2.24, 2.45) is 11.1 Å². The maximum absolute atomic E-state index is 15.5. The van der Waals surface area contributed by atoms with Crippen LogP contribution >= 0.6 is 11.3 Å². The minimum absolute atomic E-state index is 0.121. The molecule has 25 heteroatoms. The zero-order valence-electron chi connectivity index (χ0n) is 47.4. The molecule has 0 aliphatic carbocycles. The Morgan fingerprint density at radius 1 is 0.855 bits per heavy atom. The molecule has 0 bridgehead atoms. The average Bonchev–Trinajstić information content (AvgIpc) is 4.28. The van der Waals surface area contributed by atoms with E-state index in [4.69, 9.17) is 24.7 Å². The number of piperidine rings is 1. The highest BCUT2D eigenvalue weighted by Gasteiger charge is 2.42. The highest BCUT2D eigenvalue weighted by molar-refractivity contribution is 7.13. The smallest absolute Gasteiger partial charge is 0.471 e. The lowest BCUT2D eigenvalue weighted by Gasteiger charge is -2.35. The summed E-state index contributed by atoms with van der Waals surface area (Å²) in [5.74, 6) is -1.75. The maximum atomic E-state index is 15.5. The number of alkyl halides is 4. The first-order valence-electron chi connectivity index (χ1n) is 27.7. The van der Waals surface area contributed by atoms with Crippen LogP contribution in [0.4, 0.5) is 17.6 Å². The normalized spacial score (nSPS) is 17.2. The summed E-state index contributed by atoms with van der Waals surface area (Å²) in [6.07, 6.45) is -0.168. The summed E-state index contributed by atoms with van der Waals surface area (Å²) in [5.41, 5.74) is 12.7. The van der Waals surface area contributed by atoms with Gasteiger partial charge in [-0.3, -0.25) is 24.0 Å². The number of nitrogens with zero attached hydrogens (tertiary/aromatic N) is 6. The average molecular weight is 1180 g/mol. The van der Waals surface area contributed by atoms with Crippen LogP contribution in [-0.4, -0.2) is 155 Å². The third kappa shape index (κ3) is 19.2. The van der Waals surface area contributed by atoms with Crippen LogP contribution in [0.2, 0.25) is 0 Å². The number of pyridine rings is 1. The lowest BCUT2D eigenvalue weighted by molar-refractivity contribution is -0.274. The van der Waals surface area contributed by atoms with E-state index in [1.807, 2.05) is 68.2 Å². The van der Waals surface area contributed by atoms with Crippen molar-refractivity contribution < 1.29 is 65.2 Å². The van der Waals surface area contributed by atoms with Crippen LogP contribution in [0.15, 0.2) is 78.8 Å². The van der Waals surface area contributed by atoms with Gasteiger partial charge in [0.15, 0.2) is 6.17 Å². The quantitative estimate of drug-likeness (QED) is 0.0303. The number of carbonyl (C=O) groups excluding carboxylic acids is 5. The van der Waals surface area contributed by atoms with Gasteiger partial charge in [-0.15, -0.1) is 24.5 Å². The van der Waals surface area contributed by atoms with Gasteiger partial charge in [0, 0.05) is 75.1 Å². The number of nitrogens with one attached hydrogen (secondary N) is 3. The molecule has 2 aliphatic heterocycles. The molecule has 5 amide bonds. The lowest BCUT2D eigenvalue weighted by Crippen LogP contribution is -2.58. The maximum Gasteiger partial charge on any atom is 0.573 e. The second-order valence-electron chi connectivity index (χ2n) is 21.5. The van der Waals surface area contributed by atoms with E-state index in [0.717, 1.165) is 33.8 Å². The van der Waals surface area contributed by atoms with E-state index < -0.39 is 53.8 Å². The Morgan fingerprint density at radius 2 is 1.57 bits per heavy atom. The zero-order valence-corrected chi connectivity index (χ0v) is 48.2. The minimum Gasteiger partial charge on any atom is -0.471 e. The fraction of sp³-hybridized carbons (Fsp3) is 0.517. The van der Waals surface area contributed by atoms with Crippen LogP contribution in [0.25, 0.3) is 21.7 Å². The van der Waals surface area contributed by atoms with Gasteiger partial charge < -0.3 is 59.7 Å². The van der Waals surface area contributed by atoms with E-state index in [1.165, 1.54) is 17.0 Å². The molecule has 3 aromatic heterocycles. The van der Waals surface area contributed by atoms with E-state index in [0.29, 0.717) is 67.8 Å². The highest BCUT2D eigenvalue weighted by atomic mass is 32.1. The van der Waals surface area contributed by atoms with Gasteiger partial charge in [0.2, 0.25) is 35.4 Å². The van der Waals surface area contributed by atoms with Crippen molar-refractivity contribution in [2.75, 3.05) is 65.8 Å². The Morgan fingerprint density at radius 3 is 2.24 bits per heavy atom. The Kier molecular flexibility index (Phi) is 22.9. The summed E-state index contributed by atoms with van der Waals surface area (Å²) in [6, 6.07) is 12.7. The number of halogens is 4. The third-order valence-electron chi connectivity index (χ3n) is 14.0. The van der Waals surface area contributed by atoms with Crippen LogP contribution in [0, 0.1) is 12.3 Å². The molecule has 0 radical (unpaired) electrons. The Labute approximate surface area is 484 Å². The predicted molar refractivity (Wildman–Crippen MR) is 300 cm³/mol. The molecule has 7 rings (SSSR count). The Bertz CT molecular complexity index is 2940. The number of benzene rings is 2. The molecular formula is C58H74F4N10O10S. The summed E-state index contributed by atoms with van der Waals surface area (Å²) in [6.45, 7) is 11.7. The monoisotopic (exact) mass is 1180 g/mol. The first-order chi connectivity index (χ1) is 39.6. The summed E-state index contributed by atoms with van der Waals surface area (Å²) in [4.78, 5) is 83.1. The number of aryl methyl sites for hydroxylation is 2. The number of hydrogen-bond acceptors (Lipinski definition) is 15. The molecule has 5 N–H and O–H groups in total. The van der Waals surface area contributed by atoms with Gasteiger partial charge in [0.05, 0.1) is 74.1 Å². The number of hydrogen-bond donors (Lipinski definition) is 4. The SMILES string of the molecule is Cc1ncsc1-c1ccc(CNC(=O)C2CCCN2C(=O)C(NC(=O)COCCOCCOCCNC(=O)CCCn2cnc(-c3cnc(OC4CCN(C(=O)Cc5ccc(OC(F)(F)F)cc5)C[C@H]4F)c(C(C)N)c3)c2)C(C)(C)C)cc1. The predicted octanol–water partition coefficient (Wildman–Crippen LogP) is 6.64. The second-order valence-corrected chi connectivity index (χ2v) is 22.4. The molecule has 2 aromatic carbocycles. The van der Waals surface area contributed by atoms with Crippen LogP contribution in [-0.2, 0) is 57.7 Å². The van der Waals surface area contributed by atoms with Crippen molar-refractivity contribution in [3.63, 3.8) is 0 Å². The molecule has 0 saturated carbocycles. The molecule has 450 valence electrons. The fourth-order valence-electron chi connectivity index (χ4n) is 9.50. The van der Waals surface area contributed by atoms with Crippen molar-refractivity contribution >= 4 is 40.9 Å². The molecule has 20 nitrogen and oxygen atoms in total. The van der Waals surface area contributed by atoms with Crippen LogP contribution in [0.3, 0.4) is 0 Å². The number of likely N-dealkylation sites (tertiary alicyclic amines) is 2. The number of thiazole rings is 1. The lowest BCUT2D eigenvalue weighted by atomic mass is 9.85. The van der Waals surface area contributed by atoms with Crippen molar-refractivity contribution in [3.05, 3.63) is 101 Å². The minimum atomic E-state index is -4.83. The summed E-state index contributed by atoms with van der Waals surface area (Å²) >= 11 is 1.58. The molecule has 0 spiro atoms. The largest absolute Gasteiger partial charge is 0.573 e. The molecule has 4 unspecified atom stereocenters. The number of rotatable bonds is 28. The molecule has 2 fully saturated rings. The van der Waals surface area contributed by atoms with Crippen LogP contribution < -0.4 is 31.2 Å². The van der Waals surface area contributed by atoms with Gasteiger partial charge in [-0.05, 0) is 73.4 Å². The first kappa shape index (κ1) is 63.5. The number of aromatic nitrogens is 4. The Balaban J connectivity index is 0.719. The Hall–Kier alpha value is -7.06. The number of amides is 5. The van der Waals surface area contributed by atoms with Crippen LogP contribution in [0.5, 0.6) is 11.6 Å². The van der Waals surface area contributed by atoms with Gasteiger partial charge in [0.1, 0.15) is 30.5 Å². The summed E-state index contributed by atoms with van der Waals surface area (Å²) in [5, 5.41) is 8.67. The number of carbonyl (C=O) groups is 5. The van der Waals surface area contributed by atoms with E-state index in [9.17, 15) is 37.1 Å². The summed E-state index contributed by atoms with van der Waals surface area (Å²) in [7, 11) is 0. The first-order valence-corrected chi connectivity index (χ1v) is 28.6. The van der Waals surface area contributed by atoms with E-state index in [2.05, 4.69) is 35.6 Å². The van der Waals surface area contributed by atoms with Gasteiger partial charge in [-0.2, -0.15) is 0 Å². The van der Waals surface area contributed by atoms with E-state index >= 15 is 4.39 Å². The number of nitrogens with two attached hydrogens (primary N) is 1. The van der Waals surface area contributed by atoms with E-state index in [-0.39, 0.29) is 102 Å². The topological polar surface area (TPSA) is 244 Å². The van der Waals surface area contributed by atoms with Crippen molar-refractivity contribution in [2.45, 2.75) is 123 Å². The second kappa shape index (κ2) is 30.0. The molecule has 2 saturated heterocycles. The third-order valence-corrected chi connectivity index (χ3v) is 14.9.